The van der Waals surface area contributed by atoms with Gasteiger partial charge in [0.05, 0.1) is 13.2 Å². The highest BCUT2D eigenvalue weighted by molar-refractivity contribution is 6.22. The van der Waals surface area contributed by atoms with Crippen LogP contribution in [-0.2, 0) is 0 Å². The van der Waals surface area contributed by atoms with E-state index in [-0.39, 0.29) is 5.78 Å². The van der Waals surface area contributed by atoms with E-state index in [0.29, 0.717) is 13.2 Å². The maximum atomic E-state index is 13.0. The highest BCUT2D eigenvalue weighted by Crippen LogP contribution is 2.44. The summed E-state index contributed by atoms with van der Waals surface area (Å²) >= 11 is 0. The number of benzene rings is 2. The van der Waals surface area contributed by atoms with Gasteiger partial charge >= 0.3 is 0 Å². The number of fused-ring (bicyclic) bond motifs is 3. The highest BCUT2D eigenvalue weighted by Gasteiger charge is 2.30. The van der Waals surface area contributed by atoms with Gasteiger partial charge in [0, 0.05) is 22.3 Å². The molecule has 0 saturated carbocycles. The summed E-state index contributed by atoms with van der Waals surface area (Å²) in [4.78, 5) is 13.0. The van der Waals surface area contributed by atoms with Gasteiger partial charge in [0.15, 0.2) is 5.78 Å². The molecule has 2 aromatic carbocycles. The van der Waals surface area contributed by atoms with E-state index in [1.54, 1.807) is 0 Å². The lowest BCUT2D eigenvalue weighted by Crippen LogP contribution is -2.29. The van der Waals surface area contributed by atoms with Crippen molar-refractivity contribution in [3.63, 3.8) is 0 Å². The molecular weight excluding hydrogens is 424 g/mol. The van der Waals surface area contributed by atoms with Crippen LogP contribution in [0.4, 0.5) is 0 Å². The summed E-state index contributed by atoms with van der Waals surface area (Å²) in [5.74, 6) is 3.26. The average molecular weight is 463 g/mol. The van der Waals surface area contributed by atoms with Crippen molar-refractivity contribution < 1.29 is 14.3 Å². The van der Waals surface area contributed by atoms with E-state index in [9.17, 15) is 4.79 Å². The van der Waals surface area contributed by atoms with Crippen molar-refractivity contribution in [1.82, 2.24) is 10.6 Å². The van der Waals surface area contributed by atoms with Gasteiger partial charge in [-0.3, -0.25) is 4.79 Å². The molecule has 2 aromatic rings. The Morgan fingerprint density at radius 1 is 0.794 bits per heavy atom. The van der Waals surface area contributed by atoms with Crippen molar-refractivity contribution >= 4 is 5.78 Å². The van der Waals surface area contributed by atoms with Gasteiger partial charge in [0.1, 0.15) is 11.5 Å². The lowest BCUT2D eigenvalue weighted by molar-refractivity contribution is 0.104. The number of ketones is 1. The van der Waals surface area contributed by atoms with Crippen LogP contribution >= 0.6 is 0 Å². The van der Waals surface area contributed by atoms with Crippen LogP contribution in [0.25, 0.3) is 11.1 Å². The minimum absolute atomic E-state index is 0.0834. The first-order chi connectivity index (χ1) is 16.8. The molecule has 0 aromatic heterocycles. The van der Waals surface area contributed by atoms with Crippen LogP contribution in [0.1, 0.15) is 67.3 Å². The van der Waals surface area contributed by atoms with Crippen molar-refractivity contribution in [2.24, 2.45) is 11.8 Å². The predicted octanol–water partition coefficient (Wildman–Crippen LogP) is 5.22. The molecule has 2 N–H and O–H groups in total. The molecule has 5 heteroatoms. The van der Waals surface area contributed by atoms with E-state index in [2.05, 4.69) is 10.6 Å². The van der Waals surface area contributed by atoms with E-state index >= 15 is 0 Å². The molecule has 5 rings (SSSR count). The molecule has 2 aliphatic heterocycles. The van der Waals surface area contributed by atoms with Crippen molar-refractivity contribution in [1.29, 1.82) is 0 Å². The van der Waals surface area contributed by atoms with Crippen LogP contribution in [0, 0.1) is 11.8 Å². The highest BCUT2D eigenvalue weighted by atomic mass is 16.5. The van der Waals surface area contributed by atoms with Gasteiger partial charge < -0.3 is 20.1 Å². The number of rotatable bonds is 10. The first kappa shape index (κ1) is 23.4. The van der Waals surface area contributed by atoms with Crippen LogP contribution < -0.4 is 20.1 Å². The summed E-state index contributed by atoms with van der Waals surface area (Å²) < 4.78 is 12.3. The molecule has 182 valence electrons. The summed E-state index contributed by atoms with van der Waals surface area (Å²) in [5.41, 5.74) is 3.37. The number of carbonyl (C=O) groups excluding carboxylic acids is 1. The second-order valence-corrected chi connectivity index (χ2v) is 10.1. The van der Waals surface area contributed by atoms with E-state index in [0.717, 1.165) is 84.6 Å². The van der Waals surface area contributed by atoms with Gasteiger partial charge in [-0.05, 0) is 114 Å². The van der Waals surface area contributed by atoms with E-state index in [1.807, 2.05) is 36.4 Å². The first-order valence-corrected chi connectivity index (χ1v) is 13.3. The summed E-state index contributed by atoms with van der Waals surface area (Å²) in [6, 6.07) is 11.7. The molecule has 34 heavy (non-hydrogen) atoms. The number of carbonyl (C=O) groups is 1. The Balaban J connectivity index is 1.20. The molecule has 5 nitrogen and oxygen atoms in total. The van der Waals surface area contributed by atoms with Gasteiger partial charge in [-0.15, -0.1) is 0 Å². The predicted molar refractivity (Wildman–Crippen MR) is 136 cm³/mol. The van der Waals surface area contributed by atoms with E-state index in [1.165, 1.54) is 38.5 Å². The zero-order chi connectivity index (χ0) is 23.2. The summed E-state index contributed by atoms with van der Waals surface area (Å²) in [6.45, 7) is 5.97. The summed E-state index contributed by atoms with van der Waals surface area (Å²) in [6.07, 6.45) is 9.69. The Hall–Kier alpha value is -2.37. The lowest BCUT2D eigenvalue weighted by Gasteiger charge is -2.22. The Morgan fingerprint density at radius 3 is 2.18 bits per heavy atom. The third-order valence-corrected chi connectivity index (χ3v) is 7.61. The van der Waals surface area contributed by atoms with Gasteiger partial charge in [-0.25, -0.2) is 0 Å². The zero-order valence-electron chi connectivity index (χ0n) is 20.2. The maximum absolute atomic E-state index is 13.0. The lowest BCUT2D eigenvalue weighted by atomic mass is 9.95. The van der Waals surface area contributed by atoms with E-state index < -0.39 is 0 Å². The quantitative estimate of drug-likeness (QED) is 0.405. The topological polar surface area (TPSA) is 59.6 Å². The van der Waals surface area contributed by atoms with Gasteiger partial charge in [-0.1, -0.05) is 12.1 Å². The van der Waals surface area contributed by atoms with E-state index in [4.69, 9.17) is 9.47 Å². The molecule has 0 spiro atoms. The molecule has 2 unspecified atom stereocenters. The molecule has 1 aliphatic carbocycles. The number of hydrogen-bond donors (Lipinski definition) is 2. The van der Waals surface area contributed by atoms with Crippen LogP contribution in [0.5, 0.6) is 11.5 Å². The largest absolute Gasteiger partial charge is 0.494 e. The van der Waals surface area contributed by atoms with Crippen LogP contribution in [0.2, 0.25) is 0 Å². The maximum Gasteiger partial charge on any atom is 0.194 e. The average Bonchev–Trinajstić information content (AvgIpc) is 3.18. The molecule has 2 fully saturated rings. The second kappa shape index (κ2) is 11.4. The zero-order valence-corrected chi connectivity index (χ0v) is 20.2. The van der Waals surface area contributed by atoms with Gasteiger partial charge in [0.25, 0.3) is 0 Å². The Kier molecular flexibility index (Phi) is 7.82. The standard InChI is InChI=1S/C29H38N2O3/c32-29-24-13-12-23(33-16-4-8-21-6-2-14-30-19-21)18-26(24)28-25(29)10-1-11-27(28)34-17-5-9-22-7-3-15-31-20-22/h1,10-13,18,21-22,30-31H,2-9,14-17,19-20H2. The van der Waals surface area contributed by atoms with Crippen molar-refractivity contribution in [3.05, 3.63) is 47.5 Å². The van der Waals surface area contributed by atoms with Gasteiger partial charge in [-0.2, -0.15) is 0 Å². The molecule has 2 heterocycles. The SMILES string of the molecule is O=C1c2ccc(OCCCC3CCCNC3)cc2-c2c(OCCCC3CCCNC3)cccc21. The van der Waals surface area contributed by atoms with Crippen molar-refractivity contribution in [3.8, 4) is 22.6 Å². The number of nitrogens with one attached hydrogen (secondary N) is 2. The third kappa shape index (κ3) is 5.47. The Morgan fingerprint density at radius 2 is 1.50 bits per heavy atom. The van der Waals surface area contributed by atoms with Crippen molar-refractivity contribution in [2.45, 2.75) is 51.4 Å². The molecule has 0 radical (unpaired) electrons. The monoisotopic (exact) mass is 462 g/mol. The minimum atomic E-state index is 0.0834. The minimum Gasteiger partial charge on any atom is -0.494 e. The fraction of sp³-hybridized carbons (Fsp3) is 0.552. The van der Waals surface area contributed by atoms with Crippen LogP contribution in [0.15, 0.2) is 36.4 Å². The molecule has 0 amide bonds. The Bertz CT molecular complexity index is 977. The van der Waals surface area contributed by atoms with Crippen molar-refractivity contribution in [2.75, 3.05) is 39.4 Å². The summed E-state index contributed by atoms with van der Waals surface area (Å²) in [5, 5.41) is 6.98. The molecule has 3 aliphatic rings. The number of hydrogen-bond acceptors (Lipinski definition) is 5. The number of piperidine rings is 2. The fourth-order valence-electron chi connectivity index (χ4n) is 5.74. The first-order valence-electron chi connectivity index (χ1n) is 13.3. The fourth-order valence-corrected chi connectivity index (χ4v) is 5.74. The van der Waals surface area contributed by atoms with Gasteiger partial charge in [0.2, 0.25) is 0 Å². The molecule has 0 bridgehead atoms. The summed E-state index contributed by atoms with van der Waals surface area (Å²) in [7, 11) is 0. The normalized spacial score (nSPS) is 21.7. The Labute approximate surface area is 203 Å². The number of ether oxygens (including phenoxy) is 2. The smallest absolute Gasteiger partial charge is 0.194 e. The molecule has 2 atom stereocenters. The van der Waals surface area contributed by atoms with Crippen LogP contribution in [0.3, 0.4) is 0 Å². The van der Waals surface area contributed by atoms with Crippen LogP contribution in [-0.4, -0.2) is 45.2 Å². The molecule has 2 saturated heterocycles. The third-order valence-electron chi connectivity index (χ3n) is 7.61. The molecular formula is C29H38N2O3. The second-order valence-electron chi connectivity index (χ2n) is 10.1.